The second-order valence-corrected chi connectivity index (χ2v) is 4.56. The molecule has 0 aliphatic carbocycles. The quantitative estimate of drug-likeness (QED) is 0.384. The monoisotopic (exact) mass is 236 g/mol. The van der Waals surface area contributed by atoms with Crippen LogP contribution in [0.5, 0.6) is 0 Å². The van der Waals surface area contributed by atoms with E-state index < -0.39 is 6.72 Å². The SMILES string of the molecule is CCOOP(=S)(OCl)OOCC. The van der Waals surface area contributed by atoms with Crippen molar-refractivity contribution in [2.45, 2.75) is 13.8 Å². The van der Waals surface area contributed by atoms with Gasteiger partial charge in [0.25, 0.3) is 0 Å². The predicted molar refractivity (Wildman–Crippen MR) is 46.6 cm³/mol. The van der Waals surface area contributed by atoms with Crippen molar-refractivity contribution in [3.8, 4) is 0 Å². The number of hydrogen-bond donors (Lipinski definition) is 0. The Morgan fingerprint density at radius 1 is 1.17 bits per heavy atom. The highest BCUT2D eigenvalue weighted by Crippen LogP contribution is 2.51. The molecule has 12 heavy (non-hydrogen) atoms. The number of rotatable bonds is 7. The van der Waals surface area contributed by atoms with Crippen molar-refractivity contribution in [2.24, 2.45) is 0 Å². The lowest BCUT2D eigenvalue weighted by molar-refractivity contribution is -0.263. The summed E-state index contributed by atoms with van der Waals surface area (Å²) in [5.74, 6) is 0. The summed E-state index contributed by atoms with van der Waals surface area (Å²) in [6.07, 6.45) is 0. The molecule has 0 heterocycles. The maximum Gasteiger partial charge on any atom is 0.399 e. The first-order valence-corrected chi connectivity index (χ1v) is 6.07. The molecule has 0 aromatic rings. The van der Waals surface area contributed by atoms with Crippen molar-refractivity contribution in [3.05, 3.63) is 0 Å². The minimum Gasteiger partial charge on any atom is -0.228 e. The van der Waals surface area contributed by atoms with Gasteiger partial charge in [0.2, 0.25) is 0 Å². The lowest BCUT2D eigenvalue weighted by atomic mass is 10.9. The summed E-state index contributed by atoms with van der Waals surface area (Å²) in [4.78, 5) is 9.03. The summed E-state index contributed by atoms with van der Waals surface area (Å²) in [7, 11) is 0. The lowest BCUT2D eigenvalue weighted by Crippen LogP contribution is -1.98. The summed E-state index contributed by atoms with van der Waals surface area (Å²) in [5.41, 5.74) is 0. The first kappa shape index (κ1) is 12.7. The van der Waals surface area contributed by atoms with Crippen molar-refractivity contribution >= 4 is 30.4 Å². The van der Waals surface area contributed by atoms with E-state index in [-0.39, 0.29) is 0 Å². The molecule has 8 heteroatoms. The van der Waals surface area contributed by atoms with Crippen LogP contribution in [0.4, 0.5) is 0 Å². The molecular weight excluding hydrogens is 227 g/mol. The minimum atomic E-state index is -3.08. The van der Waals surface area contributed by atoms with Gasteiger partial charge in [0.1, 0.15) is 0 Å². The molecule has 0 spiro atoms. The second kappa shape index (κ2) is 7.17. The Labute approximate surface area is 81.1 Å². The van der Waals surface area contributed by atoms with Crippen molar-refractivity contribution in [2.75, 3.05) is 13.2 Å². The van der Waals surface area contributed by atoms with Gasteiger partial charge >= 0.3 is 6.72 Å². The Morgan fingerprint density at radius 3 is 1.83 bits per heavy atom. The van der Waals surface area contributed by atoms with Crippen molar-refractivity contribution < 1.29 is 23.2 Å². The van der Waals surface area contributed by atoms with Gasteiger partial charge < -0.3 is 0 Å². The third-order valence-electron chi connectivity index (χ3n) is 0.608. The molecule has 5 nitrogen and oxygen atoms in total. The molecular formula is C4H10ClO5PS. The van der Waals surface area contributed by atoms with Crippen LogP contribution < -0.4 is 0 Å². The van der Waals surface area contributed by atoms with E-state index in [2.05, 4.69) is 23.2 Å². The number of halogens is 1. The maximum atomic E-state index is 5.02. The van der Waals surface area contributed by atoms with Gasteiger partial charge in [-0.15, -0.1) is 9.35 Å². The lowest BCUT2D eigenvalue weighted by Gasteiger charge is -2.13. The molecule has 0 radical (unpaired) electrons. The Bertz CT molecular complexity index is 144. The van der Waals surface area contributed by atoms with E-state index >= 15 is 0 Å². The molecule has 0 bridgehead atoms. The van der Waals surface area contributed by atoms with Crippen LogP contribution in [0.1, 0.15) is 13.8 Å². The van der Waals surface area contributed by atoms with E-state index in [1.165, 1.54) is 0 Å². The van der Waals surface area contributed by atoms with Crippen LogP contribution in [0, 0.1) is 0 Å². The average molecular weight is 237 g/mol. The largest absolute Gasteiger partial charge is 0.399 e. The zero-order valence-corrected chi connectivity index (χ0v) is 9.16. The molecule has 0 fully saturated rings. The van der Waals surface area contributed by atoms with Crippen LogP contribution in [0.2, 0.25) is 0 Å². The summed E-state index contributed by atoms with van der Waals surface area (Å²) in [5, 5.41) is 0. The van der Waals surface area contributed by atoms with Gasteiger partial charge in [0, 0.05) is 0 Å². The third-order valence-corrected chi connectivity index (χ3v) is 2.73. The second-order valence-electron chi connectivity index (χ2n) is 1.48. The molecule has 0 rings (SSSR count). The van der Waals surface area contributed by atoms with Gasteiger partial charge in [-0.3, -0.25) is 0 Å². The smallest absolute Gasteiger partial charge is 0.228 e. The van der Waals surface area contributed by atoms with Gasteiger partial charge in [0.05, 0.1) is 25.1 Å². The van der Waals surface area contributed by atoms with E-state index in [0.29, 0.717) is 13.2 Å². The van der Waals surface area contributed by atoms with E-state index in [9.17, 15) is 0 Å². The van der Waals surface area contributed by atoms with Crippen LogP contribution in [0.3, 0.4) is 0 Å². The fourth-order valence-electron chi connectivity index (χ4n) is 0.270. The average Bonchev–Trinajstić information content (AvgIpc) is 2.11. The van der Waals surface area contributed by atoms with Gasteiger partial charge in [-0.2, -0.15) is 4.08 Å². The van der Waals surface area contributed by atoms with Gasteiger partial charge in [-0.1, -0.05) is 0 Å². The van der Waals surface area contributed by atoms with E-state index in [1.54, 1.807) is 13.8 Å². The van der Waals surface area contributed by atoms with Crippen LogP contribution in [0.15, 0.2) is 0 Å². The first-order chi connectivity index (χ1) is 5.68. The maximum absolute atomic E-state index is 5.02. The molecule has 0 unspecified atom stereocenters. The molecule has 0 saturated heterocycles. The molecule has 0 aliphatic rings. The van der Waals surface area contributed by atoms with Crippen molar-refractivity contribution in [3.63, 3.8) is 0 Å². The van der Waals surface area contributed by atoms with Gasteiger partial charge in [-0.05, 0) is 25.7 Å². The molecule has 0 N–H and O–H groups in total. The molecule has 0 aromatic heterocycles. The molecule has 0 amide bonds. The molecule has 0 aromatic carbocycles. The van der Waals surface area contributed by atoms with Crippen molar-refractivity contribution in [1.29, 1.82) is 0 Å². The molecule has 74 valence electrons. The molecule has 0 aliphatic heterocycles. The Hall–Kier alpha value is 0.740. The Morgan fingerprint density at radius 2 is 1.58 bits per heavy atom. The van der Waals surface area contributed by atoms with Crippen LogP contribution in [0.25, 0.3) is 0 Å². The summed E-state index contributed by atoms with van der Waals surface area (Å²) in [6.45, 7) is 0.982. The van der Waals surface area contributed by atoms with Gasteiger partial charge in [-0.25, -0.2) is 9.78 Å². The van der Waals surface area contributed by atoms with E-state index in [0.717, 1.165) is 0 Å². The Kier molecular flexibility index (Phi) is 7.62. The summed E-state index contributed by atoms with van der Waals surface area (Å²) >= 11 is 9.71. The zero-order chi connectivity index (χ0) is 9.45. The Balaban J connectivity index is 3.79. The zero-order valence-electron chi connectivity index (χ0n) is 6.69. The fourth-order valence-corrected chi connectivity index (χ4v) is 1.21. The van der Waals surface area contributed by atoms with E-state index in [4.69, 9.17) is 23.7 Å². The standard InChI is InChI=1S/C4H10ClO5PS/c1-3-6-9-11(12,8-5)10-7-4-2/h3-4H2,1-2H3. The number of hydrogen-bond acceptors (Lipinski definition) is 6. The molecule has 0 saturated carbocycles. The fraction of sp³-hybridized carbons (Fsp3) is 1.00. The highest BCUT2D eigenvalue weighted by molar-refractivity contribution is 8.07. The first-order valence-electron chi connectivity index (χ1n) is 3.21. The van der Waals surface area contributed by atoms with Crippen LogP contribution in [-0.2, 0) is 35.0 Å². The summed E-state index contributed by atoms with van der Waals surface area (Å²) in [6, 6.07) is 0. The summed E-state index contributed by atoms with van der Waals surface area (Å²) < 4.78 is 13.4. The van der Waals surface area contributed by atoms with E-state index in [1.807, 2.05) is 0 Å². The normalized spacial score (nSPS) is 11.9. The van der Waals surface area contributed by atoms with Crippen LogP contribution in [-0.4, -0.2) is 13.2 Å². The van der Waals surface area contributed by atoms with Crippen molar-refractivity contribution in [1.82, 2.24) is 0 Å². The molecule has 0 atom stereocenters. The van der Waals surface area contributed by atoms with Crippen LogP contribution >= 0.6 is 18.6 Å². The highest BCUT2D eigenvalue weighted by atomic mass is 35.5. The highest BCUT2D eigenvalue weighted by Gasteiger charge is 2.23. The topological polar surface area (TPSA) is 46.2 Å². The third kappa shape index (κ3) is 5.40. The predicted octanol–water partition coefficient (Wildman–Crippen LogP) is 2.32. The minimum absolute atomic E-state index is 0.314. The van der Waals surface area contributed by atoms with Gasteiger partial charge in [0.15, 0.2) is 0 Å².